The molecule has 0 bridgehead atoms. The number of nitrogens with one attached hydrogen (secondary N) is 1. The Morgan fingerprint density at radius 1 is 1.59 bits per heavy atom. The van der Waals surface area contributed by atoms with Gasteiger partial charge in [-0.15, -0.1) is 0 Å². The molecule has 1 amide bonds. The highest BCUT2D eigenvalue weighted by atomic mass is 32.2. The van der Waals surface area contributed by atoms with E-state index < -0.39 is 12.0 Å². The van der Waals surface area contributed by atoms with Crippen LogP contribution in [0.15, 0.2) is 0 Å². The van der Waals surface area contributed by atoms with Gasteiger partial charge in [0, 0.05) is 6.54 Å². The van der Waals surface area contributed by atoms with Gasteiger partial charge in [-0.3, -0.25) is 9.59 Å². The quantitative estimate of drug-likeness (QED) is 0.455. The average Bonchev–Trinajstić information content (AvgIpc) is 2.33. The van der Waals surface area contributed by atoms with Crippen molar-refractivity contribution < 1.29 is 14.3 Å². The van der Waals surface area contributed by atoms with Crippen LogP contribution in [-0.4, -0.2) is 43.1 Å². The maximum Gasteiger partial charge on any atom is 0.322 e. The molecule has 0 aromatic heterocycles. The topological polar surface area (TPSA) is 105 Å². The lowest BCUT2D eigenvalue weighted by Crippen LogP contribution is -2.32. The largest absolute Gasteiger partial charge is 0.468 e. The Morgan fingerprint density at radius 2 is 2.29 bits per heavy atom. The number of nitrogens with zero attached hydrogens (tertiary/aromatic N) is 1. The Morgan fingerprint density at radius 3 is 2.88 bits per heavy atom. The van der Waals surface area contributed by atoms with Gasteiger partial charge in [0.2, 0.25) is 5.91 Å². The fraction of sp³-hybridized carbons (Fsp3) is 0.700. The number of nitrogens with two attached hydrogens (primary N) is 1. The summed E-state index contributed by atoms with van der Waals surface area (Å²) < 4.78 is 4.47. The molecule has 17 heavy (non-hydrogen) atoms. The van der Waals surface area contributed by atoms with Crippen LogP contribution in [-0.2, 0) is 14.3 Å². The second kappa shape index (κ2) is 9.93. The molecule has 0 rings (SSSR count). The molecule has 7 heteroatoms. The molecule has 0 spiro atoms. The molecule has 0 aromatic carbocycles. The third-order valence-corrected chi connectivity index (χ3v) is 2.86. The number of thioether (sulfide) groups is 1. The van der Waals surface area contributed by atoms with Gasteiger partial charge in [0.25, 0.3) is 0 Å². The van der Waals surface area contributed by atoms with Crippen molar-refractivity contribution in [2.75, 3.05) is 25.2 Å². The number of carbonyl (C=O) groups is 2. The van der Waals surface area contributed by atoms with Crippen LogP contribution in [0.2, 0.25) is 0 Å². The molecule has 0 heterocycles. The highest BCUT2D eigenvalue weighted by Gasteiger charge is 2.13. The summed E-state index contributed by atoms with van der Waals surface area (Å²) in [5, 5.41) is 10.9. The van der Waals surface area contributed by atoms with E-state index in [1.54, 1.807) is 0 Å². The Kier molecular flexibility index (Phi) is 9.19. The summed E-state index contributed by atoms with van der Waals surface area (Å²) in [5.41, 5.74) is 5.52. The van der Waals surface area contributed by atoms with Gasteiger partial charge in [0.05, 0.1) is 25.4 Å². The van der Waals surface area contributed by atoms with E-state index in [4.69, 9.17) is 11.0 Å². The average molecular weight is 259 g/mol. The van der Waals surface area contributed by atoms with Crippen LogP contribution < -0.4 is 11.1 Å². The number of methoxy groups -OCH3 is 1. The molecule has 1 atom stereocenters. The number of nitriles is 1. The number of hydrogen-bond donors (Lipinski definition) is 2. The minimum absolute atomic E-state index is 0.114. The zero-order chi connectivity index (χ0) is 13.1. The second-order valence-corrected chi connectivity index (χ2v) is 4.33. The normalized spacial score (nSPS) is 11.4. The Bertz CT molecular complexity index is 291. The van der Waals surface area contributed by atoms with Crippen molar-refractivity contribution in [2.24, 2.45) is 5.73 Å². The second-order valence-electron chi connectivity index (χ2n) is 3.23. The Labute approximate surface area is 105 Å². The summed E-state index contributed by atoms with van der Waals surface area (Å²) in [6.45, 7) is 0.373. The first-order chi connectivity index (χ1) is 8.11. The highest BCUT2D eigenvalue weighted by Crippen LogP contribution is 2.04. The van der Waals surface area contributed by atoms with Crippen LogP contribution in [0.3, 0.4) is 0 Å². The van der Waals surface area contributed by atoms with Gasteiger partial charge in [-0.05, 0) is 12.2 Å². The summed E-state index contributed by atoms with van der Waals surface area (Å²) in [7, 11) is 1.29. The van der Waals surface area contributed by atoms with E-state index in [1.807, 2.05) is 6.07 Å². The van der Waals surface area contributed by atoms with Gasteiger partial charge in [0.15, 0.2) is 0 Å². The smallest absolute Gasteiger partial charge is 0.322 e. The summed E-state index contributed by atoms with van der Waals surface area (Å²) in [6, 6.07) is 1.30. The Balaban J connectivity index is 3.48. The number of carbonyl (C=O) groups excluding carboxylic acids is 2. The molecule has 3 N–H and O–H groups in total. The van der Waals surface area contributed by atoms with E-state index in [1.165, 1.54) is 18.9 Å². The number of rotatable bonds is 8. The van der Waals surface area contributed by atoms with Gasteiger partial charge in [-0.1, -0.05) is 0 Å². The predicted octanol–water partition coefficient (Wildman–Crippen LogP) is -0.360. The first-order valence-corrected chi connectivity index (χ1v) is 6.32. The summed E-state index contributed by atoms with van der Waals surface area (Å²) in [5.74, 6) is 0.363. The predicted molar refractivity (Wildman–Crippen MR) is 65.2 cm³/mol. The van der Waals surface area contributed by atoms with Gasteiger partial charge in [-0.2, -0.15) is 17.0 Å². The van der Waals surface area contributed by atoms with Crippen LogP contribution in [0.25, 0.3) is 0 Å². The maximum atomic E-state index is 11.2. The highest BCUT2D eigenvalue weighted by molar-refractivity contribution is 7.99. The van der Waals surface area contributed by atoms with Crippen molar-refractivity contribution >= 4 is 23.6 Å². The number of hydrogen-bond acceptors (Lipinski definition) is 6. The van der Waals surface area contributed by atoms with Crippen molar-refractivity contribution in [2.45, 2.75) is 18.9 Å². The first-order valence-electron chi connectivity index (χ1n) is 5.16. The molecule has 0 aliphatic heterocycles. The third-order valence-electron chi connectivity index (χ3n) is 1.87. The number of ether oxygens (including phenoxy) is 1. The van der Waals surface area contributed by atoms with Gasteiger partial charge >= 0.3 is 5.97 Å². The monoisotopic (exact) mass is 259 g/mol. The van der Waals surface area contributed by atoms with E-state index in [9.17, 15) is 9.59 Å². The molecule has 0 aliphatic carbocycles. The maximum absolute atomic E-state index is 11.2. The minimum atomic E-state index is -0.630. The van der Waals surface area contributed by atoms with Crippen LogP contribution in [0, 0.1) is 11.3 Å². The number of amides is 1. The van der Waals surface area contributed by atoms with Crippen molar-refractivity contribution in [3.05, 3.63) is 0 Å². The fourth-order valence-electron chi connectivity index (χ4n) is 0.953. The van der Waals surface area contributed by atoms with Crippen LogP contribution in [0.5, 0.6) is 0 Å². The Hall–Kier alpha value is -1.26. The van der Waals surface area contributed by atoms with Crippen molar-refractivity contribution in [3.63, 3.8) is 0 Å². The lowest BCUT2D eigenvalue weighted by molar-refractivity contribution is -0.142. The van der Waals surface area contributed by atoms with E-state index in [0.29, 0.717) is 30.9 Å². The molecule has 1 unspecified atom stereocenters. The molecule has 6 nitrogen and oxygen atoms in total. The zero-order valence-electron chi connectivity index (χ0n) is 9.77. The molecule has 0 aromatic rings. The molecule has 0 saturated carbocycles. The number of esters is 1. The summed E-state index contributed by atoms with van der Waals surface area (Å²) in [6.07, 6.45) is 0.784. The summed E-state index contributed by atoms with van der Waals surface area (Å²) >= 11 is 1.39. The third kappa shape index (κ3) is 8.54. The lowest BCUT2D eigenvalue weighted by Gasteiger charge is -2.08. The SMILES string of the molecule is COC(=O)C(N)CCSCC(=O)NCCC#N. The van der Waals surface area contributed by atoms with Crippen molar-refractivity contribution in [3.8, 4) is 6.07 Å². The van der Waals surface area contributed by atoms with Crippen LogP contribution in [0.4, 0.5) is 0 Å². The molecular formula is C10H17N3O3S. The standard InChI is InChI=1S/C10H17N3O3S/c1-16-10(15)8(12)3-6-17-7-9(14)13-5-2-4-11/h8H,2-3,5-7,12H2,1H3,(H,13,14). The minimum Gasteiger partial charge on any atom is -0.468 e. The van der Waals surface area contributed by atoms with Crippen molar-refractivity contribution in [1.82, 2.24) is 5.32 Å². The molecule has 0 saturated heterocycles. The van der Waals surface area contributed by atoms with E-state index in [2.05, 4.69) is 10.1 Å². The van der Waals surface area contributed by atoms with E-state index in [-0.39, 0.29) is 5.91 Å². The van der Waals surface area contributed by atoms with Gasteiger partial charge in [-0.25, -0.2) is 0 Å². The fourth-order valence-corrected chi connectivity index (χ4v) is 1.81. The first kappa shape index (κ1) is 15.7. The van der Waals surface area contributed by atoms with E-state index >= 15 is 0 Å². The summed E-state index contributed by atoms with van der Waals surface area (Å²) in [4.78, 5) is 22.1. The van der Waals surface area contributed by atoms with Crippen LogP contribution in [0.1, 0.15) is 12.8 Å². The van der Waals surface area contributed by atoms with Gasteiger partial charge in [0.1, 0.15) is 6.04 Å². The van der Waals surface area contributed by atoms with Gasteiger partial charge < -0.3 is 15.8 Å². The molecule has 0 aliphatic rings. The van der Waals surface area contributed by atoms with Crippen LogP contribution >= 0.6 is 11.8 Å². The molecule has 0 radical (unpaired) electrons. The molecule has 0 fully saturated rings. The zero-order valence-corrected chi connectivity index (χ0v) is 10.6. The van der Waals surface area contributed by atoms with Crippen molar-refractivity contribution in [1.29, 1.82) is 5.26 Å². The lowest BCUT2D eigenvalue weighted by atomic mass is 10.2. The molecular weight excluding hydrogens is 242 g/mol. The molecule has 96 valence electrons. The van der Waals surface area contributed by atoms with E-state index in [0.717, 1.165) is 0 Å².